The Morgan fingerprint density at radius 1 is 1.32 bits per heavy atom. The van der Waals surface area contributed by atoms with Gasteiger partial charge < -0.3 is 19.4 Å². The lowest BCUT2D eigenvalue weighted by Crippen LogP contribution is -2.27. The summed E-state index contributed by atoms with van der Waals surface area (Å²) in [5.74, 6) is 1.24. The summed E-state index contributed by atoms with van der Waals surface area (Å²) >= 11 is 0. The number of hydrogen-bond donors (Lipinski definition) is 1. The number of nitrogens with zero attached hydrogens (tertiary/aromatic N) is 3. The number of rotatable bonds is 10. The maximum Gasteiger partial charge on any atom is 0.318 e. The van der Waals surface area contributed by atoms with E-state index in [1.165, 1.54) is 0 Å². The number of hydrogen-bond acceptors (Lipinski definition) is 6. The summed E-state index contributed by atoms with van der Waals surface area (Å²) in [7, 11) is 0. The molecule has 0 aromatic carbocycles. The second kappa shape index (κ2) is 8.87. The summed E-state index contributed by atoms with van der Waals surface area (Å²) in [5.41, 5.74) is 0. The van der Waals surface area contributed by atoms with E-state index in [1.54, 1.807) is 0 Å². The second-order valence-corrected chi connectivity index (χ2v) is 4.78. The van der Waals surface area contributed by atoms with Gasteiger partial charge in [-0.15, -0.1) is 5.10 Å². The first kappa shape index (κ1) is 15.9. The van der Waals surface area contributed by atoms with E-state index in [-0.39, 0.29) is 0 Å². The Balaban J connectivity index is 2.42. The molecule has 1 N–H and O–H groups in total. The van der Waals surface area contributed by atoms with Crippen molar-refractivity contribution in [2.24, 2.45) is 5.92 Å². The molecule has 0 saturated carbocycles. The average Bonchev–Trinajstić information content (AvgIpc) is 2.83. The molecule has 1 rings (SSSR count). The van der Waals surface area contributed by atoms with E-state index < -0.39 is 0 Å². The number of likely N-dealkylation sites (N-methyl/N-ethyl adjacent to an activating group) is 1. The zero-order valence-electron chi connectivity index (χ0n) is 12.5. The van der Waals surface area contributed by atoms with Crippen LogP contribution in [-0.2, 0) is 11.3 Å². The molecule has 0 aliphatic carbocycles. The third-order valence-electron chi connectivity index (χ3n) is 2.65. The van der Waals surface area contributed by atoms with E-state index in [0.29, 0.717) is 31.0 Å². The van der Waals surface area contributed by atoms with Crippen LogP contribution >= 0.6 is 0 Å². The topological polar surface area (TPSA) is 63.4 Å². The predicted octanol–water partition coefficient (Wildman–Crippen LogP) is 1.68. The van der Waals surface area contributed by atoms with Gasteiger partial charge in [0.15, 0.2) is 0 Å². The van der Waals surface area contributed by atoms with Crippen LogP contribution in [0.4, 0.5) is 6.01 Å². The lowest BCUT2D eigenvalue weighted by atomic mass is 10.2. The molecule has 0 atom stereocenters. The standard InChI is InChI=1S/C13H26N4O2/c1-5-17(7-8-18-6-2)13-16-15-12(19-13)10-14-9-11(3)4/h11,14H,5-10H2,1-4H3. The minimum atomic E-state index is 0.573. The fourth-order valence-electron chi connectivity index (χ4n) is 1.62. The number of anilines is 1. The minimum absolute atomic E-state index is 0.573. The first-order valence-electron chi connectivity index (χ1n) is 7.03. The smallest absolute Gasteiger partial charge is 0.318 e. The van der Waals surface area contributed by atoms with Gasteiger partial charge in [0.1, 0.15) is 0 Å². The molecule has 1 aromatic rings. The molecule has 19 heavy (non-hydrogen) atoms. The van der Waals surface area contributed by atoms with Crippen LogP contribution in [0.1, 0.15) is 33.6 Å². The molecule has 6 heteroatoms. The zero-order chi connectivity index (χ0) is 14.1. The Morgan fingerprint density at radius 3 is 2.74 bits per heavy atom. The van der Waals surface area contributed by atoms with Crippen molar-refractivity contribution in [1.82, 2.24) is 15.5 Å². The molecule has 0 saturated heterocycles. The highest BCUT2D eigenvalue weighted by Crippen LogP contribution is 2.11. The van der Waals surface area contributed by atoms with Crippen molar-refractivity contribution in [3.63, 3.8) is 0 Å². The molecule has 0 spiro atoms. The van der Waals surface area contributed by atoms with Crippen molar-refractivity contribution in [1.29, 1.82) is 0 Å². The molecule has 110 valence electrons. The highest BCUT2D eigenvalue weighted by atomic mass is 16.5. The van der Waals surface area contributed by atoms with Gasteiger partial charge in [-0.2, -0.15) is 0 Å². The average molecular weight is 270 g/mol. The summed E-state index contributed by atoms with van der Waals surface area (Å²) in [4.78, 5) is 2.02. The lowest BCUT2D eigenvalue weighted by molar-refractivity contribution is 0.153. The van der Waals surface area contributed by atoms with E-state index in [1.807, 2.05) is 11.8 Å². The number of nitrogens with one attached hydrogen (secondary N) is 1. The first-order valence-corrected chi connectivity index (χ1v) is 7.03. The lowest BCUT2D eigenvalue weighted by Gasteiger charge is -2.17. The summed E-state index contributed by atoms with van der Waals surface area (Å²) in [6.45, 7) is 12.9. The molecule has 0 fully saturated rings. The van der Waals surface area contributed by atoms with Crippen molar-refractivity contribution in [2.75, 3.05) is 37.7 Å². The van der Waals surface area contributed by atoms with Gasteiger partial charge in [0.05, 0.1) is 13.2 Å². The van der Waals surface area contributed by atoms with Crippen molar-refractivity contribution in [2.45, 2.75) is 34.2 Å². The maximum atomic E-state index is 5.63. The number of ether oxygens (including phenoxy) is 1. The van der Waals surface area contributed by atoms with Gasteiger partial charge in [0.2, 0.25) is 5.89 Å². The van der Waals surface area contributed by atoms with Gasteiger partial charge in [-0.25, -0.2) is 0 Å². The molecule has 0 bridgehead atoms. The normalized spacial score (nSPS) is 11.2. The predicted molar refractivity (Wildman–Crippen MR) is 75.2 cm³/mol. The van der Waals surface area contributed by atoms with Crippen molar-refractivity contribution >= 4 is 6.01 Å². The molecular weight excluding hydrogens is 244 g/mol. The van der Waals surface area contributed by atoms with E-state index in [4.69, 9.17) is 9.15 Å². The zero-order valence-corrected chi connectivity index (χ0v) is 12.5. The molecule has 0 aliphatic heterocycles. The van der Waals surface area contributed by atoms with E-state index >= 15 is 0 Å². The molecule has 0 radical (unpaired) electrons. The van der Waals surface area contributed by atoms with Gasteiger partial charge in [-0.1, -0.05) is 18.9 Å². The van der Waals surface area contributed by atoms with Crippen LogP contribution in [0.3, 0.4) is 0 Å². The Hall–Kier alpha value is -1.14. The highest BCUT2D eigenvalue weighted by Gasteiger charge is 2.12. The highest BCUT2D eigenvalue weighted by molar-refractivity contribution is 5.23. The Morgan fingerprint density at radius 2 is 2.11 bits per heavy atom. The van der Waals surface area contributed by atoms with E-state index in [2.05, 4.69) is 36.3 Å². The second-order valence-electron chi connectivity index (χ2n) is 4.78. The van der Waals surface area contributed by atoms with Gasteiger partial charge in [-0.3, -0.25) is 0 Å². The van der Waals surface area contributed by atoms with Crippen LogP contribution in [0.5, 0.6) is 0 Å². The molecule has 1 aromatic heterocycles. The van der Waals surface area contributed by atoms with Gasteiger partial charge >= 0.3 is 6.01 Å². The third kappa shape index (κ3) is 6.02. The largest absolute Gasteiger partial charge is 0.407 e. The van der Waals surface area contributed by atoms with Crippen LogP contribution in [0.25, 0.3) is 0 Å². The Kier molecular flexibility index (Phi) is 7.43. The fourth-order valence-corrected chi connectivity index (χ4v) is 1.62. The SMILES string of the molecule is CCOCCN(CC)c1nnc(CNCC(C)C)o1. The van der Waals surface area contributed by atoms with E-state index in [9.17, 15) is 0 Å². The van der Waals surface area contributed by atoms with Crippen LogP contribution in [0, 0.1) is 5.92 Å². The van der Waals surface area contributed by atoms with Gasteiger partial charge in [0.25, 0.3) is 0 Å². The molecule has 0 unspecified atom stereocenters. The molecular formula is C13H26N4O2. The monoisotopic (exact) mass is 270 g/mol. The van der Waals surface area contributed by atoms with Crippen LogP contribution in [-0.4, -0.2) is 43.0 Å². The molecule has 6 nitrogen and oxygen atoms in total. The van der Waals surface area contributed by atoms with Gasteiger partial charge in [-0.05, 0) is 26.3 Å². The summed E-state index contributed by atoms with van der Waals surface area (Å²) in [6.07, 6.45) is 0. The summed E-state index contributed by atoms with van der Waals surface area (Å²) in [5, 5.41) is 11.4. The summed E-state index contributed by atoms with van der Waals surface area (Å²) in [6, 6.07) is 0.573. The Bertz CT molecular complexity index is 341. The Labute approximate surface area is 115 Å². The third-order valence-corrected chi connectivity index (χ3v) is 2.65. The quantitative estimate of drug-likeness (QED) is 0.653. The minimum Gasteiger partial charge on any atom is -0.407 e. The molecule has 0 aliphatic rings. The number of aromatic nitrogens is 2. The molecule has 1 heterocycles. The van der Waals surface area contributed by atoms with Crippen molar-refractivity contribution in [3.8, 4) is 0 Å². The van der Waals surface area contributed by atoms with E-state index in [0.717, 1.165) is 26.2 Å². The van der Waals surface area contributed by atoms with Gasteiger partial charge in [0, 0.05) is 19.7 Å². The summed E-state index contributed by atoms with van der Waals surface area (Å²) < 4.78 is 11.0. The van der Waals surface area contributed by atoms with Crippen molar-refractivity contribution in [3.05, 3.63) is 5.89 Å². The first-order chi connectivity index (χ1) is 9.17. The fraction of sp³-hybridized carbons (Fsp3) is 0.846. The maximum absolute atomic E-state index is 5.63. The molecule has 0 amide bonds. The van der Waals surface area contributed by atoms with Crippen LogP contribution < -0.4 is 10.2 Å². The van der Waals surface area contributed by atoms with Crippen molar-refractivity contribution < 1.29 is 9.15 Å². The van der Waals surface area contributed by atoms with Crippen LogP contribution in [0.2, 0.25) is 0 Å². The van der Waals surface area contributed by atoms with Crippen LogP contribution in [0.15, 0.2) is 4.42 Å².